The molecule has 30 heavy (non-hydrogen) atoms. The number of carbonyl (C=O) groups is 1. The molecule has 0 heterocycles. The summed E-state index contributed by atoms with van der Waals surface area (Å²) in [7, 11) is 0. The second-order valence-corrected chi connectivity index (χ2v) is 8.80. The standard InChI is InChI=1S/C25H26ClNO2S/c1-16-12-20(15-30-22-8-6-5-7-9-22)10-11-23(16)27-25(28)19(4)29-21-13-17(2)24(26)18(3)14-21/h5-14,19H,15H2,1-4H3,(H,27,28). The van der Waals surface area contributed by atoms with E-state index < -0.39 is 6.10 Å². The lowest BCUT2D eigenvalue weighted by atomic mass is 10.1. The first-order valence-electron chi connectivity index (χ1n) is 9.85. The van der Waals surface area contributed by atoms with E-state index in [1.165, 1.54) is 10.5 Å². The highest BCUT2D eigenvalue weighted by Crippen LogP contribution is 2.27. The molecule has 156 valence electrons. The number of carbonyl (C=O) groups excluding carboxylic acids is 1. The van der Waals surface area contributed by atoms with Gasteiger partial charge < -0.3 is 10.1 Å². The van der Waals surface area contributed by atoms with Crippen LogP contribution in [0.5, 0.6) is 5.75 Å². The molecule has 0 aromatic heterocycles. The Kier molecular flexibility index (Phi) is 7.46. The van der Waals surface area contributed by atoms with Gasteiger partial charge in [0.1, 0.15) is 5.75 Å². The number of ether oxygens (including phenoxy) is 1. The number of thioether (sulfide) groups is 1. The van der Waals surface area contributed by atoms with Crippen LogP contribution in [0, 0.1) is 20.8 Å². The molecule has 0 fully saturated rings. The summed E-state index contributed by atoms with van der Waals surface area (Å²) in [6.45, 7) is 7.60. The Labute approximate surface area is 187 Å². The fraction of sp³-hybridized carbons (Fsp3) is 0.240. The van der Waals surface area contributed by atoms with Crippen molar-refractivity contribution in [2.24, 2.45) is 0 Å². The first-order chi connectivity index (χ1) is 14.3. The number of amides is 1. The first-order valence-corrected chi connectivity index (χ1v) is 11.2. The fourth-order valence-corrected chi connectivity index (χ4v) is 4.08. The molecule has 3 aromatic rings. The molecule has 3 nitrogen and oxygen atoms in total. The monoisotopic (exact) mass is 439 g/mol. The Morgan fingerprint density at radius 3 is 2.30 bits per heavy atom. The summed E-state index contributed by atoms with van der Waals surface area (Å²) >= 11 is 8.00. The quantitative estimate of drug-likeness (QED) is 0.404. The van der Waals surface area contributed by atoms with Crippen LogP contribution >= 0.6 is 23.4 Å². The molecule has 0 radical (unpaired) electrons. The van der Waals surface area contributed by atoms with Crippen molar-refractivity contribution in [1.29, 1.82) is 0 Å². The Morgan fingerprint density at radius 1 is 1.00 bits per heavy atom. The van der Waals surface area contributed by atoms with Gasteiger partial charge in [-0.3, -0.25) is 4.79 Å². The molecule has 5 heteroatoms. The Morgan fingerprint density at radius 2 is 1.67 bits per heavy atom. The summed E-state index contributed by atoms with van der Waals surface area (Å²) in [5.74, 6) is 1.34. The van der Waals surface area contributed by atoms with Crippen molar-refractivity contribution in [3.63, 3.8) is 0 Å². The smallest absolute Gasteiger partial charge is 0.265 e. The number of benzene rings is 3. The van der Waals surface area contributed by atoms with Crippen molar-refractivity contribution in [2.45, 2.75) is 44.4 Å². The van der Waals surface area contributed by atoms with Crippen LogP contribution in [-0.2, 0) is 10.5 Å². The first kappa shape index (κ1) is 22.3. The predicted octanol–water partition coefficient (Wildman–Crippen LogP) is 6.96. The van der Waals surface area contributed by atoms with Crippen LogP contribution in [0.3, 0.4) is 0 Å². The van der Waals surface area contributed by atoms with Gasteiger partial charge >= 0.3 is 0 Å². The zero-order valence-electron chi connectivity index (χ0n) is 17.7. The Bertz CT molecular complexity index is 1010. The minimum atomic E-state index is -0.627. The van der Waals surface area contributed by atoms with Gasteiger partial charge in [0, 0.05) is 21.4 Å². The number of nitrogens with one attached hydrogen (secondary N) is 1. The van der Waals surface area contributed by atoms with Crippen molar-refractivity contribution in [3.05, 3.63) is 87.9 Å². The van der Waals surface area contributed by atoms with Crippen LogP contribution in [0.4, 0.5) is 5.69 Å². The maximum Gasteiger partial charge on any atom is 0.265 e. The second kappa shape index (κ2) is 10.1. The molecule has 1 N–H and O–H groups in total. The third kappa shape index (κ3) is 5.80. The van der Waals surface area contributed by atoms with Crippen LogP contribution < -0.4 is 10.1 Å². The van der Waals surface area contributed by atoms with E-state index >= 15 is 0 Å². The van der Waals surface area contributed by atoms with Crippen LogP contribution in [0.15, 0.2) is 65.6 Å². The molecule has 0 saturated carbocycles. The number of rotatable bonds is 7. The highest BCUT2D eigenvalue weighted by atomic mass is 35.5. The summed E-state index contributed by atoms with van der Waals surface area (Å²) in [6, 6.07) is 20.1. The molecule has 1 atom stereocenters. The lowest BCUT2D eigenvalue weighted by Gasteiger charge is -2.17. The molecule has 0 spiro atoms. The van der Waals surface area contributed by atoms with E-state index in [0.29, 0.717) is 5.75 Å². The molecule has 0 saturated heterocycles. The van der Waals surface area contributed by atoms with E-state index in [1.807, 2.05) is 57.2 Å². The zero-order valence-corrected chi connectivity index (χ0v) is 19.2. The number of halogens is 1. The van der Waals surface area contributed by atoms with Crippen molar-refractivity contribution in [2.75, 3.05) is 5.32 Å². The molecule has 0 bridgehead atoms. The highest BCUT2D eigenvalue weighted by Gasteiger charge is 2.17. The van der Waals surface area contributed by atoms with E-state index in [0.717, 1.165) is 33.2 Å². The summed E-state index contributed by atoms with van der Waals surface area (Å²) in [6.07, 6.45) is -0.627. The van der Waals surface area contributed by atoms with Gasteiger partial charge in [-0.2, -0.15) is 0 Å². The average Bonchev–Trinajstić information content (AvgIpc) is 2.72. The average molecular weight is 440 g/mol. The molecular weight excluding hydrogens is 414 g/mol. The number of hydrogen-bond donors (Lipinski definition) is 1. The highest BCUT2D eigenvalue weighted by molar-refractivity contribution is 7.98. The normalized spacial score (nSPS) is 11.8. The zero-order chi connectivity index (χ0) is 21.7. The molecule has 3 rings (SSSR count). The van der Waals surface area contributed by atoms with Gasteiger partial charge in [0.05, 0.1) is 0 Å². The SMILES string of the molecule is Cc1cc(CSc2ccccc2)ccc1NC(=O)C(C)Oc1cc(C)c(Cl)c(C)c1. The van der Waals surface area contributed by atoms with Crippen molar-refractivity contribution in [1.82, 2.24) is 0 Å². The van der Waals surface area contributed by atoms with Gasteiger partial charge in [-0.15, -0.1) is 11.8 Å². The van der Waals surface area contributed by atoms with E-state index in [2.05, 4.69) is 29.6 Å². The number of aryl methyl sites for hydroxylation is 3. The minimum Gasteiger partial charge on any atom is -0.481 e. The summed E-state index contributed by atoms with van der Waals surface area (Å²) in [5.41, 5.74) is 4.90. The molecular formula is C25H26ClNO2S. The number of hydrogen-bond acceptors (Lipinski definition) is 3. The van der Waals surface area contributed by atoms with Crippen molar-refractivity contribution in [3.8, 4) is 5.75 Å². The van der Waals surface area contributed by atoms with Crippen LogP contribution in [0.1, 0.15) is 29.2 Å². The van der Waals surface area contributed by atoms with E-state index in [4.69, 9.17) is 16.3 Å². The van der Waals surface area contributed by atoms with Crippen LogP contribution in [0.25, 0.3) is 0 Å². The minimum absolute atomic E-state index is 0.185. The van der Waals surface area contributed by atoms with Gasteiger partial charge in [-0.05, 0) is 80.3 Å². The molecule has 3 aromatic carbocycles. The van der Waals surface area contributed by atoms with Crippen LogP contribution in [0.2, 0.25) is 5.02 Å². The van der Waals surface area contributed by atoms with E-state index in [9.17, 15) is 4.79 Å². The maximum absolute atomic E-state index is 12.6. The third-order valence-electron chi connectivity index (χ3n) is 4.79. The number of anilines is 1. The maximum atomic E-state index is 12.6. The molecule has 1 unspecified atom stereocenters. The topological polar surface area (TPSA) is 38.3 Å². The lowest BCUT2D eigenvalue weighted by Crippen LogP contribution is -2.30. The van der Waals surface area contributed by atoms with Crippen LogP contribution in [-0.4, -0.2) is 12.0 Å². The predicted molar refractivity (Wildman–Crippen MR) is 127 cm³/mol. The summed E-state index contributed by atoms with van der Waals surface area (Å²) in [4.78, 5) is 13.9. The Balaban J connectivity index is 1.60. The van der Waals surface area contributed by atoms with Gasteiger partial charge in [0.15, 0.2) is 6.10 Å². The van der Waals surface area contributed by atoms with Gasteiger partial charge in [-0.1, -0.05) is 41.9 Å². The fourth-order valence-electron chi connectivity index (χ4n) is 3.11. The molecule has 0 aliphatic rings. The van der Waals surface area contributed by atoms with E-state index in [-0.39, 0.29) is 5.91 Å². The van der Waals surface area contributed by atoms with E-state index in [1.54, 1.807) is 18.7 Å². The van der Waals surface area contributed by atoms with Gasteiger partial charge in [0.2, 0.25) is 0 Å². The second-order valence-electron chi connectivity index (χ2n) is 7.37. The van der Waals surface area contributed by atoms with Crippen molar-refractivity contribution >= 4 is 35.0 Å². The summed E-state index contributed by atoms with van der Waals surface area (Å²) in [5, 5.41) is 3.70. The molecule has 0 aliphatic carbocycles. The Hall–Kier alpha value is -2.43. The molecule has 1 amide bonds. The third-order valence-corrected chi connectivity index (χ3v) is 6.47. The molecule has 0 aliphatic heterocycles. The van der Waals surface area contributed by atoms with Crippen molar-refractivity contribution < 1.29 is 9.53 Å². The van der Waals surface area contributed by atoms with Gasteiger partial charge in [0.25, 0.3) is 5.91 Å². The van der Waals surface area contributed by atoms with Gasteiger partial charge in [-0.25, -0.2) is 0 Å². The largest absolute Gasteiger partial charge is 0.481 e. The lowest BCUT2D eigenvalue weighted by molar-refractivity contribution is -0.122. The summed E-state index contributed by atoms with van der Waals surface area (Å²) < 4.78 is 5.84.